The number of primary amides is 1. The Kier molecular flexibility index (Phi) is 3.99. The molecule has 1 spiro atoms. The molecule has 7 nitrogen and oxygen atoms in total. The topological polar surface area (TPSA) is 122 Å². The van der Waals surface area contributed by atoms with Gasteiger partial charge < -0.3 is 26.8 Å². The van der Waals surface area contributed by atoms with Gasteiger partial charge in [0, 0.05) is 18.5 Å². The number of aliphatic hydroxyl groups excluding tert-OH is 1. The summed E-state index contributed by atoms with van der Waals surface area (Å²) in [6.07, 6.45) is 0.670. The van der Waals surface area contributed by atoms with Gasteiger partial charge in [-0.3, -0.25) is 4.79 Å². The maximum Gasteiger partial charge on any atom is 0.312 e. The molecule has 0 saturated carbocycles. The van der Waals surface area contributed by atoms with E-state index < -0.39 is 12.1 Å². The highest BCUT2D eigenvalue weighted by atomic mass is 16.3. The Morgan fingerprint density at radius 3 is 2.61 bits per heavy atom. The maximum atomic E-state index is 12.1. The Labute approximate surface area is 134 Å². The highest BCUT2D eigenvalue weighted by Gasteiger charge is 2.51. The summed E-state index contributed by atoms with van der Waals surface area (Å²) < 4.78 is 0. The minimum atomic E-state index is -0.710. The third-order valence-electron chi connectivity index (χ3n) is 5.18. The molecule has 0 bridgehead atoms. The van der Waals surface area contributed by atoms with E-state index in [2.05, 4.69) is 5.32 Å². The normalized spacial score (nSPS) is 25.2. The SMILES string of the molecule is NC(=O)NCC(=O)N1CCC2(CC1)c1ccccc1[C@@H](N)[C@@H]2O. The molecule has 1 aliphatic heterocycles. The Balaban J connectivity index is 1.73. The van der Waals surface area contributed by atoms with Crippen LogP contribution in [0.15, 0.2) is 24.3 Å². The number of nitrogens with two attached hydrogens (primary N) is 2. The van der Waals surface area contributed by atoms with E-state index in [1.165, 1.54) is 0 Å². The van der Waals surface area contributed by atoms with Crippen molar-refractivity contribution in [1.82, 2.24) is 10.2 Å². The first kappa shape index (κ1) is 15.8. The average molecular weight is 318 g/mol. The number of amides is 3. The molecule has 3 rings (SSSR count). The van der Waals surface area contributed by atoms with Crippen molar-refractivity contribution >= 4 is 11.9 Å². The van der Waals surface area contributed by atoms with E-state index >= 15 is 0 Å². The first-order valence-electron chi connectivity index (χ1n) is 7.80. The van der Waals surface area contributed by atoms with Gasteiger partial charge in [0.2, 0.25) is 5.91 Å². The van der Waals surface area contributed by atoms with Crippen LogP contribution in [0.3, 0.4) is 0 Å². The van der Waals surface area contributed by atoms with E-state index in [9.17, 15) is 14.7 Å². The van der Waals surface area contributed by atoms with Crippen LogP contribution in [0.4, 0.5) is 4.79 Å². The second-order valence-electron chi connectivity index (χ2n) is 6.31. The van der Waals surface area contributed by atoms with E-state index in [1.807, 2.05) is 24.3 Å². The van der Waals surface area contributed by atoms with E-state index in [4.69, 9.17) is 11.5 Å². The van der Waals surface area contributed by atoms with Crippen molar-refractivity contribution in [2.45, 2.75) is 30.4 Å². The number of fused-ring (bicyclic) bond motifs is 2. The van der Waals surface area contributed by atoms with E-state index in [0.29, 0.717) is 25.9 Å². The fourth-order valence-corrected chi connectivity index (χ4v) is 3.91. The number of nitrogens with one attached hydrogen (secondary N) is 1. The minimum Gasteiger partial charge on any atom is -0.390 e. The zero-order valence-electron chi connectivity index (χ0n) is 12.9. The van der Waals surface area contributed by atoms with Crippen molar-refractivity contribution in [3.05, 3.63) is 35.4 Å². The van der Waals surface area contributed by atoms with Gasteiger partial charge in [-0.05, 0) is 24.0 Å². The molecule has 124 valence electrons. The summed E-state index contributed by atoms with van der Waals surface area (Å²) in [6.45, 7) is 0.954. The van der Waals surface area contributed by atoms with Gasteiger partial charge in [0.15, 0.2) is 0 Å². The van der Waals surface area contributed by atoms with Crippen molar-refractivity contribution in [1.29, 1.82) is 0 Å². The van der Waals surface area contributed by atoms with E-state index in [0.717, 1.165) is 11.1 Å². The summed E-state index contributed by atoms with van der Waals surface area (Å²) in [7, 11) is 0. The highest BCUT2D eigenvalue weighted by Crippen LogP contribution is 2.49. The summed E-state index contributed by atoms with van der Waals surface area (Å²) in [6, 6.07) is 6.78. The molecule has 1 aromatic rings. The highest BCUT2D eigenvalue weighted by molar-refractivity contribution is 5.83. The summed E-state index contributed by atoms with van der Waals surface area (Å²) in [5.74, 6) is -0.163. The van der Waals surface area contributed by atoms with Crippen molar-refractivity contribution in [2.24, 2.45) is 11.5 Å². The minimum absolute atomic E-state index is 0.0962. The second-order valence-corrected chi connectivity index (χ2v) is 6.31. The molecule has 0 aromatic heterocycles. The van der Waals surface area contributed by atoms with Gasteiger partial charge in [0.25, 0.3) is 0 Å². The Hall–Kier alpha value is -2.12. The standard InChI is InChI=1S/C16H22N4O3/c17-13-10-3-1-2-4-11(10)16(14(13)22)5-7-20(8-6-16)12(21)9-19-15(18)23/h1-4,13-14,22H,5-9,17H2,(H3,18,19,23)/t13-,14+/m1/s1. The van der Waals surface area contributed by atoms with E-state index in [1.54, 1.807) is 4.90 Å². The van der Waals surface area contributed by atoms with Gasteiger partial charge in [-0.15, -0.1) is 0 Å². The van der Waals surface area contributed by atoms with Crippen LogP contribution >= 0.6 is 0 Å². The van der Waals surface area contributed by atoms with E-state index in [-0.39, 0.29) is 23.9 Å². The maximum absolute atomic E-state index is 12.1. The summed E-state index contributed by atoms with van der Waals surface area (Å²) in [4.78, 5) is 24.5. The average Bonchev–Trinajstić information content (AvgIpc) is 2.76. The molecule has 1 aliphatic carbocycles. The first-order valence-corrected chi connectivity index (χ1v) is 7.80. The van der Waals surface area contributed by atoms with Crippen LogP contribution in [0.1, 0.15) is 30.0 Å². The number of aliphatic hydroxyl groups is 1. The third-order valence-corrected chi connectivity index (χ3v) is 5.18. The number of benzene rings is 1. The molecule has 1 heterocycles. The van der Waals surface area contributed by atoms with Crippen molar-refractivity contribution in [3.8, 4) is 0 Å². The van der Waals surface area contributed by atoms with Crippen molar-refractivity contribution < 1.29 is 14.7 Å². The van der Waals surface area contributed by atoms with Crippen molar-refractivity contribution in [3.63, 3.8) is 0 Å². The number of rotatable bonds is 2. The lowest BCUT2D eigenvalue weighted by Crippen LogP contribution is -2.52. The zero-order valence-corrected chi connectivity index (χ0v) is 12.9. The largest absolute Gasteiger partial charge is 0.390 e. The molecular weight excluding hydrogens is 296 g/mol. The molecule has 2 aliphatic rings. The number of nitrogens with zero attached hydrogens (tertiary/aromatic N) is 1. The van der Waals surface area contributed by atoms with Gasteiger partial charge >= 0.3 is 6.03 Å². The zero-order chi connectivity index (χ0) is 16.6. The molecule has 3 amide bonds. The van der Waals surface area contributed by atoms with Gasteiger partial charge in [-0.25, -0.2) is 4.79 Å². The third kappa shape index (κ3) is 2.55. The molecule has 6 N–H and O–H groups in total. The molecule has 1 fully saturated rings. The number of carbonyl (C=O) groups excluding carboxylic acids is 2. The predicted molar refractivity (Wildman–Crippen MR) is 84.5 cm³/mol. The van der Waals surface area contributed by atoms with Crippen LogP contribution < -0.4 is 16.8 Å². The molecule has 1 saturated heterocycles. The molecule has 0 unspecified atom stereocenters. The smallest absolute Gasteiger partial charge is 0.312 e. The van der Waals surface area contributed by atoms with Crippen molar-refractivity contribution in [2.75, 3.05) is 19.6 Å². The lowest BCUT2D eigenvalue weighted by molar-refractivity contribution is -0.132. The number of hydrogen-bond acceptors (Lipinski definition) is 4. The molecular formula is C16H22N4O3. The Morgan fingerprint density at radius 1 is 1.30 bits per heavy atom. The molecule has 1 aromatic carbocycles. The number of piperidine rings is 1. The van der Waals surface area contributed by atoms with Crippen LogP contribution in [0, 0.1) is 0 Å². The number of urea groups is 1. The molecule has 2 atom stereocenters. The second kappa shape index (κ2) is 5.82. The quantitative estimate of drug-likeness (QED) is 0.592. The van der Waals surface area contributed by atoms with Crippen LogP contribution in [-0.4, -0.2) is 47.7 Å². The molecule has 0 radical (unpaired) electrons. The summed E-state index contributed by atoms with van der Waals surface area (Å²) in [5, 5.41) is 13.0. The fourth-order valence-electron chi connectivity index (χ4n) is 3.91. The van der Waals surface area contributed by atoms with Gasteiger partial charge in [0.1, 0.15) is 0 Å². The first-order chi connectivity index (χ1) is 11.0. The van der Waals surface area contributed by atoms with Crippen LogP contribution in [-0.2, 0) is 10.2 Å². The molecule has 7 heteroatoms. The summed E-state index contributed by atoms with van der Waals surface area (Å²) >= 11 is 0. The lowest BCUT2D eigenvalue weighted by Gasteiger charge is -2.42. The Bertz CT molecular complexity index is 626. The van der Waals surface area contributed by atoms with Gasteiger partial charge in [-0.2, -0.15) is 0 Å². The Morgan fingerprint density at radius 2 is 1.96 bits per heavy atom. The van der Waals surface area contributed by atoms with Gasteiger partial charge in [-0.1, -0.05) is 24.3 Å². The van der Waals surface area contributed by atoms with Gasteiger partial charge in [0.05, 0.1) is 18.7 Å². The number of likely N-dealkylation sites (tertiary alicyclic amines) is 1. The summed E-state index contributed by atoms with van der Waals surface area (Å²) in [5.41, 5.74) is 12.9. The predicted octanol–water partition coefficient (Wildman–Crippen LogP) is -0.411. The lowest BCUT2D eigenvalue weighted by atomic mass is 9.72. The van der Waals surface area contributed by atoms with Crippen LogP contribution in [0.2, 0.25) is 0 Å². The monoisotopic (exact) mass is 318 g/mol. The number of carbonyl (C=O) groups is 2. The van der Waals surface area contributed by atoms with Crippen LogP contribution in [0.5, 0.6) is 0 Å². The fraction of sp³-hybridized carbons (Fsp3) is 0.500. The molecule has 23 heavy (non-hydrogen) atoms. The number of hydrogen-bond donors (Lipinski definition) is 4. The van der Waals surface area contributed by atoms with Crippen LogP contribution in [0.25, 0.3) is 0 Å².